The van der Waals surface area contributed by atoms with E-state index >= 15 is 0 Å². The van der Waals surface area contributed by atoms with E-state index in [2.05, 4.69) is 17.2 Å². The van der Waals surface area contributed by atoms with E-state index in [-0.39, 0.29) is 18.1 Å². The van der Waals surface area contributed by atoms with Crippen molar-refractivity contribution in [1.82, 2.24) is 10.3 Å². The van der Waals surface area contributed by atoms with Gasteiger partial charge in [0.2, 0.25) is 0 Å². The van der Waals surface area contributed by atoms with Crippen LogP contribution in [0.3, 0.4) is 0 Å². The van der Waals surface area contributed by atoms with Gasteiger partial charge < -0.3 is 4.74 Å². The first-order chi connectivity index (χ1) is 8.69. The van der Waals surface area contributed by atoms with Crippen molar-refractivity contribution in [3.63, 3.8) is 0 Å². The second-order valence-electron chi connectivity index (χ2n) is 4.39. The molecule has 0 saturated heterocycles. The standard InChI is InChI=1S/C14H22N2O2/c1-4-5-8-13(14(17)18-3)16-11(2)12-7-6-9-15-10-12/h6-7,9-11,13,16H,4-5,8H2,1-3H3. The normalized spacial score (nSPS) is 13.9. The number of pyridine rings is 1. The molecule has 1 aromatic heterocycles. The third-order valence-electron chi connectivity index (χ3n) is 2.97. The third kappa shape index (κ3) is 4.45. The highest BCUT2D eigenvalue weighted by Crippen LogP contribution is 2.13. The van der Waals surface area contributed by atoms with Crippen molar-refractivity contribution < 1.29 is 9.53 Å². The maximum atomic E-state index is 11.7. The van der Waals surface area contributed by atoms with Crippen molar-refractivity contribution in [1.29, 1.82) is 0 Å². The predicted molar refractivity (Wildman–Crippen MR) is 71.1 cm³/mol. The molecule has 1 heterocycles. The van der Waals surface area contributed by atoms with Crippen molar-refractivity contribution in [2.24, 2.45) is 0 Å². The zero-order valence-corrected chi connectivity index (χ0v) is 11.3. The molecule has 18 heavy (non-hydrogen) atoms. The molecule has 0 spiro atoms. The van der Waals surface area contributed by atoms with Crippen molar-refractivity contribution in [3.8, 4) is 0 Å². The Balaban J connectivity index is 2.62. The van der Waals surface area contributed by atoms with Crippen molar-refractivity contribution >= 4 is 5.97 Å². The summed E-state index contributed by atoms with van der Waals surface area (Å²) in [6.45, 7) is 4.14. The van der Waals surface area contributed by atoms with Gasteiger partial charge in [-0.05, 0) is 25.0 Å². The van der Waals surface area contributed by atoms with Crippen LogP contribution in [0.4, 0.5) is 0 Å². The van der Waals surface area contributed by atoms with Gasteiger partial charge in [0, 0.05) is 18.4 Å². The topological polar surface area (TPSA) is 51.2 Å². The molecular weight excluding hydrogens is 228 g/mol. The summed E-state index contributed by atoms with van der Waals surface area (Å²) in [5.41, 5.74) is 1.07. The molecule has 1 aromatic rings. The van der Waals surface area contributed by atoms with Crippen LogP contribution in [0.2, 0.25) is 0 Å². The Morgan fingerprint density at radius 1 is 1.56 bits per heavy atom. The summed E-state index contributed by atoms with van der Waals surface area (Å²) in [6, 6.07) is 3.73. The molecule has 2 unspecified atom stereocenters. The number of methoxy groups -OCH3 is 1. The van der Waals surface area contributed by atoms with Crippen LogP contribution in [-0.4, -0.2) is 24.1 Å². The van der Waals surface area contributed by atoms with Gasteiger partial charge in [-0.2, -0.15) is 0 Å². The Hall–Kier alpha value is -1.42. The minimum atomic E-state index is -0.245. The number of hydrogen-bond acceptors (Lipinski definition) is 4. The monoisotopic (exact) mass is 250 g/mol. The van der Waals surface area contributed by atoms with Gasteiger partial charge in [0.15, 0.2) is 0 Å². The Labute approximate surface area is 109 Å². The molecule has 2 atom stereocenters. The lowest BCUT2D eigenvalue weighted by molar-refractivity contribution is -0.143. The van der Waals surface area contributed by atoms with Crippen LogP contribution in [0.25, 0.3) is 0 Å². The number of carbonyl (C=O) groups excluding carboxylic acids is 1. The molecule has 4 heteroatoms. The maximum absolute atomic E-state index is 11.7. The van der Waals surface area contributed by atoms with E-state index in [9.17, 15) is 4.79 Å². The van der Waals surface area contributed by atoms with Gasteiger partial charge >= 0.3 is 5.97 Å². The largest absolute Gasteiger partial charge is 0.468 e. The highest BCUT2D eigenvalue weighted by Gasteiger charge is 2.20. The number of hydrogen-bond donors (Lipinski definition) is 1. The Morgan fingerprint density at radius 3 is 2.89 bits per heavy atom. The summed E-state index contributed by atoms with van der Waals surface area (Å²) < 4.78 is 4.83. The fourth-order valence-corrected chi connectivity index (χ4v) is 1.85. The zero-order valence-electron chi connectivity index (χ0n) is 11.3. The molecule has 1 rings (SSSR count). The first-order valence-corrected chi connectivity index (χ1v) is 6.42. The minimum absolute atomic E-state index is 0.0830. The van der Waals surface area contributed by atoms with Gasteiger partial charge in [-0.1, -0.05) is 25.8 Å². The molecule has 100 valence electrons. The van der Waals surface area contributed by atoms with Gasteiger partial charge in [-0.3, -0.25) is 15.1 Å². The Bertz CT molecular complexity index is 354. The molecule has 0 aromatic carbocycles. The number of ether oxygens (including phenoxy) is 1. The average molecular weight is 250 g/mol. The summed E-state index contributed by atoms with van der Waals surface area (Å²) in [5.74, 6) is -0.195. The lowest BCUT2D eigenvalue weighted by Gasteiger charge is -2.21. The number of nitrogens with one attached hydrogen (secondary N) is 1. The summed E-state index contributed by atoms with van der Waals surface area (Å²) in [6.07, 6.45) is 6.42. The summed E-state index contributed by atoms with van der Waals surface area (Å²) >= 11 is 0. The molecule has 4 nitrogen and oxygen atoms in total. The molecule has 0 fully saturated rings. The molecule has 0 aliphatic rings. The quantitative estimate of drug-likeness (QED) is 0.755. The van der Waals surface area contributed by atoms with Crippen molar-refractivity contribution in [2.45, 2.75) is 45.2 Å². The van der Waals surface area contributed by atoms with E-state index < -0.39 is 0 Å². The smallest absolute Gasteiger partial charge is 0.322 e. The first-order valence-electron chi connectivity index (χ1n) is 6.42. The Kier molecular flexibility index (Phi) is 6.36. The third-order valence-corrected chi connectivity index (χ3v) is 2.97. The molecular formula is C14H22N2O2. The van der Waals surface area contributed by atoms with E-state index in [1.54, 1.807) is 6.20 Å². The fourth-order valence-electron chi connectivity index (χ4n) is 1.85. The second kappa shape index (κ2) is 7.82. The predicted octanol–water partition coefficient (Wildman–Crippen LogP) is 2.46. The molecule has 0 bridgehead atoms. The molecule has 0 amide bonds. The number of rotatable bonds is 7. The highest BCUT2D eigenvalue weighted by atomic mass is 16.5. The lowest BCUT2D eigenvalue weighted by atomic mass is 10.1. The molecule has 0 aliphatic carbocycles. The molecule has 0 radical (unpaired) electrons. The number of carbonyl (C=O) groups is 1. The number of unbranched alkanes of at least 4 members (excludes halogenated alkanes) is 1. The van der Waals surface area contributed by atoms with E-state index in [4.69, 9.17) is 4.74 Å². The second-order valence-corrected chi connectivity index (χ2v) is 4.39. The van der Waals surface area contributed by atoms with Gasteiger partial charge in [0.25, 0.3) is 0 Å². The van der Waals surface area contributed by atoms with Crippen LogP contribution in [0.15, 0.2) is 24.5 Å². The van der Waals surface area contributed by atoms with Gasteiger partial charge in [-0.15, -0.1) is 0 Å². The van der Waals surface area contributed by atoms with Gasteiger partial charge in [-0.25, -0.2) is 0 Å². The molecule has 0 saturated carbocycles. The van der Waals surface area contributed by atoms with E-state index in [1.807, 2.05) is 25.3 Å². The fraction of sp³-hybridized carbons (Fsp3) is 0.571. The minimum Gasteiger partial charge on any atom is -0.468 e. The number of aromatic nitrogens is 1. The van der Waals surface area contributed by atoms with Gasteiger partial charge in [0.05, 0.1) is 7.11 Å². The Morgan fingerprint density at radius 2 is 2.33 bits per heavy atom. The van der Waals surface area contributed by atoms with Crippen LogP contribution in [-0.2, 0) is 9.53 Å². The number of nitrogens with zero attached hydrogens (tertiary/aromatic N) is 1. The summed E-state index contributed by atoms with van der Waals surface area (Å²) in [4.78, 5) is 15.8. The zero-order chi connectivity index (χ0) is 13.4. The first kappa shape index (κ1) is 14.6. The van der Waals surface area contributed by atoms with Crippen LogP contribution in [0.5, 0.6) is 0 Å². The van der Waals surface area contributed by atoms with Crippen LogP contribution < -0.4 is 5.32 Å². The summed E-state index contributed by atoms with van der Waals surface area (Å²) in [7, 11) is 1.43. The van der Waals surface area contributed by atoms with Crippen molar-refractivity contribution in [3.05, 3.63) is 30.1 Å². The van der Waals surface area contributed by atoms with E-state index in [1.165, 1.54) is 7.11 Å². The van der Waals surface area contributed by atoms with Crippen LogP contribution in [0.1, 0.15) is 44.7 Å². The van der Waals surface area contributed by atoms with Gasteiger partial charge in [0.1, 0.15) is 6.04 Å². The lowest BCUT2D eigenvalue weighted by Crippen LogP contribution is -2.39. The SMILES string of the molecule is CCCCC(NC(C)c1cccnc1)C(=O)OC. The maximum Gasteiger partial charge on any atom is 0.322 e. The molecule has 0 aliphatic heterocycles. The molecule has 1 N–H and O–H groups in total. The van der Waals surface area contributed by atoms with Crippen LogP contribution in [0, 0.1) is 0 Å². The summed E-state index contributed by atoms with van der Waals surface area (Å²) in [5, 5.41) is 3.30. The van der Waals surface area contributed by atoms with Crippen molar-refractivity contribution in [2.75, 3.05) is 7.11 Å². The van der Waals surface area contributed by atoms with E-state index in [0.717, 1.165) is 24.8 Å². The van der Waals surface area contributed by atoms with E-state index in [0.29, 0.717) is 0 Å². The number of esters is 1. The highest BCUT2D eigenvalue weighted by molar-refractivity contribution is 5.75. The average Bonchev–Trinajstić information content (AvgIpc) is 2.43. The van der Waals surface area contributed by atoms with Crippen LogP contribution >= 0.6 is 0 Å².